The fourth-order valence-corrected chi connectivity index (χ4v) is 5.30. The Hall–Kier alpha value is -3.71. The summed E-state index contributed by atoms with van der Waals surface area (Å²) in [5.74, 6) is -6.96. The Balaban J connectivity index is 1.81. The molecule has 234 valence electrons. The Kier molecular flexibility index (Phi) is 7.93. The smallest absolute Gasteiger partial charge is 0.269 e. The first-order valence-electron chi connectivity index (χ1n) is 13.0. The van der Waals surface area contributed by atoms with Gasteiger partial charge >= 0.3 is 0 Å². The molecule has 0 bridgehead atoms. The van der Waals surface area contributed by atoms with Gasteiger partial charge in [0, 0.05) is 17.7 Å². The molecule has 11 N–H and O–H groups in total. The largest absolute Gasteiger partial charge is 0.508 e. The van der Waals surface area contributed by atoms with Gasteiger partial charge in [0.2, 0.25) is 11.2 Å². The summed E-state index contributed by atoms with van der Waals surface area (Å²) in [4.78, 5) is 13.9. The van der Waals surface area contributed by atoms with Crippen LogP contribution in [-0.2, 0) is 9.47 Å². The molecule has 1 aromatic heterocycles. The number of aliphatic hydroxyl groups excluding tert-OH is 7. The van der Waals surface area contributed by atoms with Crippen LogP contribution in [0, 0.1) is 0 Å². The van der Waals surface area contributed by atoms with Gasteiger partial charge in [0.05, 0.1) is 12.7 Å². The molecule has 16 heteroatoms. The molecule has 0 spiro atoms. The van der Waals surface area contributed by atoms with Gasteiger partial charge in [0.1, 0.15) is 59.1 Å². The normalized spacial score (nSPS) is 34.7. The van der Waals surface area contributed by atoms with E-state index in [0.717, 1.165) is 24.3 Å². The van der Waals surface area contributed by atoms with E-state index in [0.29, 0.717) is 0 Å². The number of rotatable bonds is 5. The standard InChI is InChI=1S/C27H30O16/c1-8-17(33)20(36)22(38)26(40-8)27(25(39)21(37)18(34)15(7-28)42-27)43-24-19(35)16-13(32)5-10(29)6-14(16)41-23(24)9-2-3-11(30)12(31)4-9/h2-6,8,15,17-18,20-22,25-26,28-34,36-39H,7H2,1H3. The summed E-state index contributed by atoms with van der Waals surface area (Å²) in [7, 11) is 0. The molecular formula is C27H30O16. The molecular weight excluding hydrogens is 580 g/mol. The second kappa shape index (κ2) is 11.1. The topological polar surface area (TPSA) is 280 Å². The lowest BCUT2D eigenvalue weighted by atomic mass is 9.83. The molecule has 0 amide bonds. The van der Waals surface area contributed by atoms with E-state index in [9.17, 15) is 61.0 Å². The van der Waals surface area contributed by atoms with E-state index < -0.39 is 113 Å². The van der Waals surface area contributed by atoms with Crippen molar-refractivity contribution >= 4 is 11.0 Å². The van der Waals surface area contributed by atoms with Gasteiger partial charge in [-0.05, 0) is 25.1 Å². The maximum absolute atomic E-state index is 13.9. The Morgan fingerprint density at radius 3 is 2.19 bits per heavy atom. The average molecular weight is 611 g/mol. The van der Waals surface area contributed by atoms with E-state index in [1.807, 2.05) is 0 Å². The lowest BCUT2D eigenvalue weighted by Crippen LogP contribution is -2.76. The van der Waals surface area contributed by atoms with Crippen LogP contribution >= 0.6 is 0 Å². The highest BCUT2D eigenvalue weighted by molar-refractivity contribution is 5.88. The summed E-state index contributed by atoms with van der Waals surface area (Å²) in [6, 6.07) is 4.93. The zero-order valence-corrected chi connectivity index (χ0v) is 22.3. The van der Waals surface area contributed by atoms with Gasteiger partial charge in [-0.15, -0.1) is 0 Å². The predicted octanol–water partition coefficient (Wildman–Crippen LogP) is -2.30. The summed E-state index contributed by atoms with van der Waals surface area (Å²) in [5, 5.41) is 114. The van der Waals surface area contributed by atoms with Crippen LogP contribution in [0.15, 0.2) is 39.5 Å². The molecule has 16 nitrogen and oxygen atoms in total. The number of phenolic OH excluding ortho intramolecular Hbond substituents is 4. The summed E-state index contributed by atoms with van der Waals surface area (Å²) in [5.41, 5.74) is -1.72. The highest BCUT2D eigenvalue weighted by Crippen LogP contribution is 2.44. The van der Waals surface area contributed by atoms with E-state index in [4.69, 9.17) is 18.6 Å². The molecule has 10 atom stereocenters. The van der Waals surface area contributed by atoms with Crippen molar-refractivity contribution in [3.63, 3.8) is 0 Å². The van der Waals surface area contributed by atoms with Gasteiger partial charge in [-0.2, -0.15) is 0 Å². The third-order valence-corrected chi connectivity index (χ3v) is 7.65. The molecule has 3 aromatic rings. The fourth-order valence-electron chi connectivity index (χ4n) is 5.30. The number of aromatic hydroxyl groups is 4. The lowest BCUT2D eigenvalue weighted by Gasteiger charge is -2.54. The first kappa shape index (κ1) is 30.7. The van der Waals surface area contributed by atoms with Crippen LogP contribution in [0.1, 0.15) is 6.92 Å². The summed E-state index contributed by atoms with van der Waals surface area (Å²) >= 11 is 0. The molecule has 2 aromatic carbocycles. The molecule has 0 saturated carbocycles. The Morgan fingerprint density at radius 2 is 1.53 bits per heavy atom. The van der Waals surface area contributed by atoms with Crippen LogP contribution < -0.4 is 10.2 Å². The van der Waals surface area contributed by atoms with Crippen LogP contribution in [0.3, 0.4) is 0 Å². The summed E-state index contributed by atoms with van der Waals surface area (Å²) in [6.07, 6.45) is -17.3. The molecule has 0 radical (unpaired) electrons. The molecule has 2 aliphatic rings. The minimum Gasteiger partial charge on any atom is -0.508 e. The SMILES string of the molecule is CC1OC(C2(Oc3c(-c4ccc(O)c(O)c4)oc4cc(O)cc(O)c4c3=O)OC(CO)C(O)C(O)C2O)C(O)C(O)C1O. The second-order valence-electron chi connectivity index (χ2n) is 10.5. The number of hydrogen-bond donors (Lipinski definition) is 11. The summed E-state index contributed by atoms with van der Waals surface area (Å²) in [6.45, 7) is 0.286. The molecule has 5 rings (SSSR count). The third-order valence-electron chi connectivity index (χ3n) is 7.65. The van der Waals surface area contributed by atoms with E-state index in [1.54, 1.807) is 0 Å². The third kappa shape index (κ3) is 4.92. The second-order valence-corrected chi connectivity index (χ2v) is 10.5. The van der Waals surface area contributed by atoms with Crippen LogP contribution in [0.4, 0.5) is 0 Å². The first-order chi connectivity index (χ1) is 20.2. The first-order valence-corrected chi connectivity index (χ1v) is 13.0. The van der Waals surface area contributed by atoms with E-state index >= 15 is 0 Å². The number of benzene rings is 2. The minimum atomic E-state index is -2.95. The number of fused-ring (bicyclic) bond motifs is 1. The zero-order chi connectivity index (χ0) is 31.5. The molecule has 0 aliphatic carbocycles. The highest BCUT2D eigenvalue weighted by atomic mass is 16.7. The van der Waals surface area contributed by atoms with Gasteiger partial charge in [0.25, 0.3) is 5.79 Å². The maximum atomic E-state index is 13.9. The fraction of sp³-hybridized carbons (Fsp3) is 0.444. The monoisotopic (exact) mass is 610 g/mol. The molecule has 2 fully saturated rings. The van der Waals surface area contributed by atoms with Gasteiger partial charge in [-0.3, -0.25) is 4.79 Å². The number of phenols is 4. The average Bonchev–Trinajstić information content (AvgIpc) is 2.96. The van der Waals surface area contributed by atoms with Crippen LogP contribution in [0.5, 0.6) is 28.7 Å². The van der Waals surface area contributed by atoms with Crippen molar-refractivity contribution in [1.82, 2.24) is 0 Å². The van der Waals surface area contributed by atoms with Gasteiger partial charge in [-0.1, -0.05) is 0 Å². The predicted molar refractivity (Wildman–Crippen MR) is 140 cm³/mol. The Labute approximate surface area is 241 Å². The van der Waals surface area contributed by atoms with Crippen molar-refractivity contribution in [2.24, 2.45) is 0 Å². The number of ether oxygens (including phenoxy) is 3. The van der Waals surface area contributed by atoms with Gasteiger partial charge in [0.15, 0.2) is 29.5 Å². The molecule has 3 heterocycles. The Morgan fingerprint density at radius 1 is 0.837 bits per heavy atom. The molecule has 10 unspecified atom stereocenters. The molecule has 2 aliphatic heterocycles. The minimum absolute atomic E-state index is 0.152. The zero-order valence-electron chi connectivity index (χ0n) is 22.3. The van der Waals surface area contributed by atoms with Gasteiger partial charge < -0.3 is 74.8 Å². The molecule has 2 saturated heterocycles. The van der Waals surface area contributed by atoms with Crippen LogP contribution in [-0.4, -0.2) is 124 Å². The van der Waals surface area contributed by atoms with Crippen molar-refractivity contribution in [2.45, 2.75) is 67.6 Å². The lowest BCUT2D eigenvalue weighted by molar-refractivity contribution is -0.394. The van der Waals surface area contributed by atoms with Crippen LogP contribution in [0.25, 0.3) is 22.3 Å². The van der Waals surface area contributed by atoms with E-state index in [2.05, 4.69) is 0 Å². The maximum Gasteiger partial charge on any atom is 0.269 e. The van der Waals surface area contributed by atoms with Crippen molar-refractivity contribution in [3.05, 3.63) is 40.6 Å². The number of aliphatic hydroxyl groups is 7. The quantitative estimate of drug-likeness (QED) is 0.135. The van der Waals surface area contributed by atoms with Crippen molar-refractivity contribution in [2.75, 3.05) is 6.61 Å². The summed E-state index contributed by atoms with van der Waals surface area (Å²) < 4.78 is 23.1. The van der Waals surface area contributed by atoms with E-state index in [-0.39, 0.29) is 11.1 Å². The van der Waals surface area contributed by atoms with Crippen molar-refractivity contribution in [1.29, 1.82) is 0 Å². The number of hydrogen-bond acceptors (Lipinski definition) is 16. The van der Waals surface area contributed by atoms with Crippen molar-refractivity contribution in [3.8, 4) is 40.1 Å². The molecule has 43 heavy (non-hydrogen) atoms. The Bertz CT molecular complexity index is 1570. The van der Waals surface area contributed by atoms with Gasteiger partial charge in [-0.25, -0.2) is 0 Å². The van der Waals surface area contributed by atoms with Crippen LogP contribution in [0.2, 0.25) is 0 Å². The highest BCUT2D eigenvalue weighted by Gasteiger charge is 2.65. The van der Waals surface area contributed by atoms with Crippen molar-refractivity contribution < 1.29 is 74.8 Å². The van der Waals surface area contributed by atoms with E-state index in [1.165, 1.54) is 13.0 Å².